The quantitative estimate of drug-likeness (QED) is 0.547. The van der Waals surface area contributed by atoms with Gasteiger partial charge in [-0.25, -0.2) is 0 Å². The van der Waals surface area contributed by atoms with Crippen LogP contribution in [0, 0.1) is 11.3 Å². The van der Waals surface area contributed by atoms with Crippen molar-refractivity contribution in [1.29, 1.82) is 5.26 Å². The molecule has 0 N–H and O–H groups in total. The van der Waals surface area contributed by atoms with Gasteiger partial charge in [-0.1, -0.05) is 23.5 Å². The standard InChI is InChI=1S/C16H14N4OS/c1-20-13-7-2-3-9-15(13)22-16(20)19-18-12(6-4-10-17)14-8-5-11-21-14/h2-3,5,7-9,11H,4,6H2,1H3/b18-12-,19-16+. The number of benzene rings is 1. The molecule has 1 aromatic carbocycles. The van der Waals surface area contributed by atoms with E-state index >= 15 is 0 Å². The molecule has 0 radical (unpaired) electrons. The highest BCUT2D eigenvalue weighted by Gasteiger charge is 2.07. The maximum Gasteiger partial charge on any atom is 0.211 e. The number of nitriles is 1. The highest BCUT2D eigenvalue weighted by atomic mass is 32.1. The van der Waals surface area contributed by atoms with Crippen molar-refractivity contribution in [2.45, 2.75) is 12.8 Å². The first-order valence-corrected chi connectivity index (χ1v) is 7.67. The second kappa shape index (κ2) is 6.41. The monoisotopic (exact) mass is 310 g/mol. The number of furan rings is 1. The number of fused-ring (bicyclic) bond motifs is 1. The van der Waals surface area contributed by atoms with Crippen LogP contribution in [0.2, 0.25) is 0 Å². The molecule has 5 nitrogen and oxygen atoms in total. The van der Waals surface area contributed by atoms with E-state index in [-0.39, 0.29) is 0 Å². The molecular weight excluding hydrogens is 296 g/mol. The molecule has 110 valence electrons. The zero-order chi connectivity index (χ0) is 15.4. The molecule has 2 aromatic heterocycles. The number of hydrogen-bond acceptors (Lipinski definition) is 5. The topological polar surface area (TPSA) is 66.6 Å². The average molecular weight is 310 g/mol. The van der Waals surface area contributed by atoms with Crippen molar-refractivity contribution in [2.75, 3.05) is 0 Å². The first-order chi connectivity index (χ1) is 10.8. The Hall–Kier alpha value is -2.65. The molecule has 0 saturated heterocycles. The minimum atomic E-state index is 0.383. The molecule has 0 atom stereocenters. The summed E-state index contributed by atoms with van der Waals surface area (Å²) in [6.07, 6.45) is 2.49. The van der Waals surface area contributed by atoms with Crippen LogP contribution in [0.4, 0.5) is 0 Å². The van der Waals surface area contributed by atoms with E-state index in [1.807, 2.05) is 29.8 Å². The van der Waals surface area contributed by atoms with E-state index in [0.29, 0.717) is 24.3 Å². The summed E-state index contributed by atoms with van der Waals surface area (Å²) in [7, 11) is 1.97. The average Bonchev–Trinajstić information content (AvgIpc) is 3.17. The number of para-hydroxylation sites is 1. The lowest BCUT2D eigenvalue weighted by Crippen LogP contribution is -2.10. The molecule has 2 heterocycles. The van der Waals surface area contributed by atoms with Gasteiger partial charge in [0.15, 0.2) is 0 Å². The minimum absolute atomic E-state index is 0.383. The van der Waals surface area contributed by atoms with Gasteiger partial charge in [-0.3, -0.25) is 0 Å². The van der Waals surface area contributed by atoms with E-state index in [1.54, 1.807) is 23.7 Å². The number of aryl methyl sites for hydroxylation is 1. The normalized spacial score (nSPS) is 12.7. The van der Waals surface area contributed by atoms with Crippen molar-refractivity contribution in [3.8, 4) is 6.07 Å². The third-order valence-electron chi connectivity index (χ3n) is 3.25. The van der Waals surface area contributed by atoms with Crippen molar-refractivity contribution in [3.05, 3.63) is 53.2 Å². The van der Waals surface area contributed by atoms with Gasteiger partial charge in [-0.2, -0.15) is 5.26 Å². The minimum Gasteiger partial charge on any atom is -0.463 e. The van der Waals surface area contributed by atoms with Gasteiger partial charge in [0.05, 0.1) is 22.5 Å². The molecule has 3 aromatic rings. The van der Waals surface area contributed by atoms with Gasteiger partial charge in [0.1, 0.15) is 11.5 Å². The summed E-state index contributed by atoms with van der Waals surface area (Å²) in [5.74, 6) is 0.655. The van der Waals surface area contributed by atoms with E-state index in [1.165, 1.54) is 0 Å². The maximum absolute atomic E-state index is 8.77. The van der Waals surface area contributed by atoms with Crippen LogP contribution >= 0.6 is 11.3 Å². The highest BCUT2D eigenvalue weighted by Crippen LogP contribution is 2.15. The fraction of sp³-hybridized carbons (Fsp3) is 0.188. The van der Waals surface area contributed by atoms with Crippen LogP contribution < -0.4 is 4.80 Å². The molecule has 0 fully saturated rings. The van der Waals surface area contributed by atoms with E-state index in [4.69, 9.17) is 9.68 Å². The number of nitrogens with zero attached hydrogens (tertiary/aromatic N) is 4. The third-order valence-corrected chi connectivity index (χ3v) is 4.35. The van der Waals surface area contributed by atoms with Gasteiger partial charge in [0, 0.05) is 19.9 Å². The first kappa shape index (κ1) is 14.3. The molecule has 0 aliphatic heterocycles. The second-order valence-electron chi connectivity index (χ2n) is 4.69. The van der Waals surface area contributed by atoms with Crippen LogP contribution in [-0.2, 0) is 7.05 Å². The smallest absolute Gasteiger partial charge is 0.211 e. The summed E-state index contributed by atoms with van der Waals surface area (Å²) < 4.78 is 8.54. The summed E-state index contributed by atoms with van der Waals surface area (Å²) in [5.41, 5.74) is 1.81. The molecule has 0 aliphatic rings. The van der Waals surface area contributed by atoms with E-state index in [2.05, 4.69) is 28.4 Å². The molecular formula is C16H14N4OS. The fourth-order valence-corrected chi connectivity index (χ4v) is 3.09. The second-order valence-corrected chi connectivity index (χ2v) is 5.70. The van der Waals surface area contributed by atoms with Crippen LogP contribution in [0.3, 0.4) is 0 Å². The van der Waals surface area contributed by atoms with Crippen molar-refractivity contribution in [1.82, 2.24) is 4.57 Å². The van der Waals surface area contributed by atoms with Crippen LogP contribution in [0.15, 0.2) is 57.3 Å². The Morgan fingerprint density at radius 1 is 1.32 bits per heavy atom. The van der Waals surface area contributed by atoms with Crippen molar-refractivity contribution in [2.24, 2.45) is 17.3 Å². The Bertz CT molecular complexity index is 910. The molecule has 0 bridgehead atoms. The molecule has 0 amide bonds. The molecule has 3 rings (SSSR count). The zero-order valence-electron chi connectivity index (χ0n) is 12.1. The lowest BCUT2D eigenvalue weighted by Gasteiger charge is -1.97. The summed E-state index contributed by atoms with van der Waals surface area (Å²) in [6.45, 7) is 0. The van der Waals surface area contributed by atoms with Gasteiger partial charge < -0.3 is 8.98 Å². The van der Waals surface area contributed by atoms with Crippen molar-refractivity contribution in [3.63, 3.8) is 0 Å². The van der Waals surface area contributed by atoms with Crippen molar-refractivity contribution < 1.29 is 4.42 Å². The fourth-order valence-electron chi connectivity index (χ4n) is 2.12. The maximum atomic E-state index is 8.77. The molecule has 0 saturated carbocycles. The van der Waals surface area contributed by atoms with Gasteiger partial charge >= 0.3 is 0 Å². The predicted octanol–water partition coefficient (Wildman–Crippen LogP) is 3.44. The van der Waals surface area contributed by atoms with Gasteiger partial charge in [-0.05, 0) is 24.3 Å². The van der Waals surface area contributed by atoms with Crippen LogP contribution in [0.1, 0.15) is 18.6 Å². The van der Waals surface area contributed by atoms with Gasteiger partial charge in [0.25, 0.3) is 0 Å². The largest absolute Gasteiger partial charge is 0.463 e. The Balaban J connectivity index is 2.04. The molecule has 6 heteroatoms. The van der Waals surface area contributed by atoms with E-state index < -0.39 is 0 Å². The Morgan fingerprint density at radius 2 is 2.18 bits per heavy atom. The molecule has 0 unspecified atom stereocenters. The zero-order valence-corrected chi connectivity index (χ0v) is 12.9. The van der Waals surface area contributed by atoms with Crippen LogP contribution in [-0.4, -0.2) is 10.3 Å². The Morgan fingerprint density at radius 3 is 2.91 bits per heavy atom. The number of hydrogen-bond donors (Lipinski definition) is 0. The van der Waals surface area contributed by atoms with Crippen LogP contribution in [0.25, 0.3) is 10.2 Å². The summed E-state index contributed by atoms with van der Waals surface area (Å²) in [5, 5.41) is 17.4. The molecule has 0 aliphatic carbocycles. The Kier molecular flexibility index (Phi) is 4.17. The molecule has 22 heavy (non-hydrogen) atoms. The van der Waals surface area contributed by atoms with Gasteiger partial charge in [-0.15, -0.1) is 10.2 Å². The number of thiazole rings is 1. The summed E-state index contributed by atoms with van der Waals surface area (Å²) in [6, 6.07) is 13.9. The number of rotatable bonds is 4. The summed E-state index contributed by atoms with van der Waals surface area (Å²) >= 11 is 1.58. The van der Waals surface area contributed by atoms with E-state index in [9.17, 15) is 0 Å². The highest BCUT2D eigenvalue weighted by molar-refractivity contribution is 7.16. The number of aromatic nitrogens is 1. The van der Waals surface area contributed by atoms with Crippen LogP contribution in [0.5, 0.6) is 0 Å². The van der Waals surface area contributed by atoms with E-state index in [0.717, 1.165) is 15.0 Å². The Labute approximate surface area is 131 Å². The lowest BCUT2D eigenvalue weighted by molar-refractivity contribution is 0.555. The first-order valence-electron chi connectivity index (χ1n) is 6.85. The molecule has 0 spiro atoms. The lowest BCUT2D eigenvalue weighted by atomic mass is 10.2. The predicted molar refractivity (Wildman–Crippen MR) is 86.5 cm³/mol. The van der Waals surface area contributed by atoms with Crippen molar-refractivity contribution >= 4 is 27.3 Å². The summed E-state index contributed by atoms with van der Waals surface area (Å²) in [4.78, 5) is 0.808. The van der Waals surface area contributed by atoms with Gasteiger partial charge in [0.2, 0.25) is 4.80 Å². The SMILES string of the molecule is Cn1/c(=N\N=C(\CCC#N)c2ccco2)sc2ccccc21. The third kappa shape index (κ3) is 2.85.